The van der Waals surface area contributed by atoms with E-state index in [0.29, 0.717) is 6.42 Å². The summed E-state index contributed by atoms with van der Waals surface area (Å²) in [6.07, 6.45) is 0.485. The van der Waals surface area contributed by atoms with Crippen molar-refractivity contribution in [3.05, 3.63) is 28.8 Å². The van der Waals surface area contributed by atoms with Crippen molar-refractivity contribution in [3.8, 4) is 0 Å². The van der Waals surface area contributed by atoms with E-state index in [9.17, 15) is 21.6 Å². The third-order valence-corrected chi connectivity index (χ3v) is 4.20. The normalized spacial score (nSPS) is 14.5. The fourth-order valence-electron chi connectivity index (χ4n) is 1.40. The Balaban J connectivity index is 3.21. The Morgan fingerprint density at radius 2 is 2.04 bits per heavy atom. The van der Waals surface area contributed by atoms with E-state index in [1.165, 1.54) is 23.8 Å². The molecule has 0 saturated heterocycles. The number of nitrogens with one attached hydrogen (secondary N) is 1. The van der Waals surface area contributed by atoms with Gasteiger partial charge in [-0.2, -0.15) is 21.6 Å². The molecule has 0 saturated carbocycles. The molecule has 0 aliphatic carbocycles. The minimum Gasteiger partial charge on any atom is -0.393 e. The van der Waals surface area contributed by atoms with Gasteiger partial charge < -0.3 is 4.84 Å². The van der Waals surface area contributed by atoms with Gasteiger partial charge in [0.05, 0.1) is 11.4 Å². The lowest BCUT2D eigenvalue weighted by Crippen LogP contribution is -2.30. The van der Waals surface area contributed by atoms with Crippen LogP contribution in [-0.4, -0.2) is 25.7 Å². The highest BCUT2D eigenvalue weighted by Crippen LogP contribution is 2.28. The minimum atomic E-state index is -5.54. The van der Waals surface area contributed by atoms with Crippen LogP contribution in [0.25, 0.3) is 0 Å². The molecule has 0 aliphatic heterocycles. The number of oxime groups is 1. The molecule has 0 spiro atoms. The standard InChI is InChI=1S/C13H16ClF3N2O3S/c1-4-8(2)22-18-9(3)11-7-10(14)5-6-12(11)19-23(20,21)13(15,16)17/h5-8,19H,4H2,1-3H3/b18-9+. The second-order valence-electron chi connectivity index (χ2n) is 4.74. The van der Waals surface area contributed by atoms with Crippen molar-refractivity contribution in [1.82, 2.24) is 0 Å². The van der Waals surface area contributed by atoms with Gasteiger partial charge in [0.1, 0.15) is 6.10 Å². The van der Waals surface area contributed by atoms with Crippen molar-refractivity contribution in [1.29, 1.82) is 0 Å². The predicted molar refractivity (Wildman–Crippen MR) is 83.1 cm³/mol. The van der Waals surface area contributed by atoms with E-state index in [-0.39, 0.29) is 28.1 Å². The van der Waals surface area contributed by atoms with Crippen LogP contribution in [0, 0.1) is 0 Å². The summed E-state index contributed by atoms with van der Waals surface area (Å²) < 4.78 is 61.5. The number of benzene rings is 1. The highest BCUT2D eigenvalue weighted by molar-refractivity contribution is 7.93. The Morgan fingerprint density at radius 3 is 2.57 bits per heavy atom. The van der Waals surface area contributed by atoms with E-state index >= 15 is 0 Å². The van der Waals surface area contributed by atoms with E-state index in [0.717, 1.165) is 6.07 Å². The lowest BCUT2D eigenvalue weighted by atomic mass is 10.1. The zero-order valence-electron chi connectivity index (χ0n) is 12.6. The molecule has 0 aliphatic rings. The van der Waals surface area contributed by atoms with Crippen LogP contribution in [0.1, 0.15) is 32.8 Å². The molecule has 5 nitrogen and oxygen atoms in total. The van der Waals surface area contributed by atoms with E-state index in [1.54, 1.807) is 6.92 Å². The molecule has 0 heterocycles. The number of rotatable bonds is 6. The second kappa shape index (κ2) is 7.39. The Kier molecular flexibility index (Phi) is 6.29. The monoisotopic (exact) mass is 372 g/mol. The van der Waals surface area contributed by atoms with Crippen LogP contribution in [0.5, 0.6) is 0 Å². The molecule has 1 aromatic rings. The average molecular weight is 373 g/mol. The number of hydrogen-bond acceptors (Lipinski definition) is 4. The molecule has 0 aromatic heterocycles. The zero-order valence-corrected chi connectivity index (χ0v) is 14.2. The lowest BCUT2D eigenvalue weighted by molar-refractivity contribution is -0.0429. The molecule has 130 valence electrons. The third kappa shape index (κ3) is 5.28. The molecule has 23 heavy (non-hydrogen) atoms. The number of hydrogen-bond donors (Lipinski definition) is 1. The molecule has 0 bridgehead atoms. The molecule has 1 aromatic carbocycles. The van der Waals surface area contributed by atoms with Crippen molar-refractivity contribution in [2.75, 3.05) is 4.72 Å². The van der Waals surface area contributed by atoms with Crippen molar-refractivity contribution in [2.24, 2.45) is 5.16 Å². The van der Waals surface area contributed by atoms with Gasteiger partial charge in [0.2, 0.25) is 0 Å². The number of anilines is 1. The summed E-state index contributed by atoms with van der Waals surface area (Å²) in [7, 11) is -5.54. The Hall–Kier alpha value is -1.48. The second-order valence-corrected chi connectivity index (χ2v) is 6.85. The molecule has 0 fully saturated rings. The maximum Gasteiger partial charge on any atom is 0.516 e. The van der Waals surface area contributed by atoms with Gasteiger partial charge in [-0.15, -0.1) is 0 Å². The summed E-state index contributed by atoms with van der Waals surface area (Å²) in [5, 5.41) is 4.02. The van der Waals surface area contributed by atoms with Crippen LogP contribution in [0.15, 0.2) is 23.4 Å². The predicted octanol–water partition coefficient (Wildman–Crippen LogP) is 4.14. The quantitative estimate of drug-likeness (QED) is 0.602. The molecule has 1 rings (SSSR count). The van der Waals surface area contributed by atoms with Gasteiger partial charge in [-0.05, 0) is 38.5 Å². The summed E-state index contributed by atoms with van der Waals surface area (Å²) in [6, 6.07) is 3.69. The van der Waals surface area contributed by atoms with Gasteiger partial charge in [0.25, 0.3) is 0 Å². The first-order valence-corrected chi connectivity index (χ1v) is 8.43. The molecule has 10 heteroatoms. The van der Waals surface area contributed by atoms with Crippen molar-refractivity contribution < 1.29 is 26.4 Å². The topological polar surface area (TPSA) is 67.8 Å². The average Bonchev–Trinajstić information content (AvgIpc) is 2.44. The summed E-state index contributed by atoms with van der Waals surface area (Å²) in [5.74, 6) is 0. The Bertz CT molecular complexity index is 690. The van der Waals surface area contributed by atoms with Crippen molar-refractivity contribution >= 4 is 33.0 Å². The van der Waals surface area contributed by atoms with Crippen LogP contribution in [0.2, 0.25) is 5.02 Å². The van der Waals surface area contributed by atoms with Crippen LogP contribution in [0.4, 0.5) is 18.9 Å². The first-order valence-electron chi connectivity index (χ1n) is 6.57. The fraction of sp³-hybridized carbons (Fsp3) is 0.462. The molecule has 0 amide bonds. The van der Waals surface area contributed by atoms with Crippen LogP contribution in [-0.2, 0) is 14.9 Å². The number of nitrogens with zero attached hydrogens (tertiary/aromatic N) is 1. The molecule has 1 N–H and O–H groups in total. The summed E-state index contributed by atoms with van der Waals surface area (Å²) in [4.78, 5) is 5.15. The molecule has 1 unspecified atom stereocenters. The highest BCUT2D eigenvalue weighted by Gasteiger charge is 2.46. The first kappa shape index (κ1) is 19.6. The van der Waals surface area contributed by atoms with Gasteiger partial charge >= 0.3 is 15.5 Å². The Morgan fingerprint density at radius 1 is 1.43 bits per heavy atom. The SMILES string of the molecule is CCC(C)O/N=C(\C)c1cc(Cl)ccc1NS(=O)(=O)C(F)(F)F. The minimum absolute atomic E-state index is 0.0913. The summed E-state index contributed by atoms with van der Waals surface area (Å²) >= 11 is 5.82. The Labute approximate surface area is 137 Å². The summed E-state index contributed by atoms with van der Waals surface area (Å²) in [5.41, 5.74) is -5.44. The highest BCUT2D eigenvalue weighted by atomic mass is 35.5. The zero-order chi connectivity index (χ0) is 17.8. The third-order valence-electron chi connectivity index (χ3n) is 2.86. The molecule has 1 atom stereocenters. The van der Waals surface area contributed by atoms with Gasteiger partial charge in [0.15, 0.2) is 0 Å². The lowest BCUT2D eigenvalue weighted by Gasteiger charge is -2.15. The van der Waals surface area contributed by atoms with E-state index < -0.39 is 15.5 Å². The van der Waals surface area contributed by atoms with E-state index in [2.05, 4.69) is 5.16 Å². The van der Waals surface area contributed by atoms with Gasteiger partial charge in [-0.25, -0.2) is 0 Å². The summed E-state index contributed by atoms with van der Waals surface area (Å²) in [6.45, 7) is 5.11. The smallest absolute Gasteiger partial charge is 0.393 e. The number of halogens is 4. The van der Waals surface area contributed by atoms with E-state index in [4.69, 9.17) is 16.4 Å². The largest absolute Gasteiger partial charge is 0.516 e. The molecular weight excluding hydrogens is 357 g/mol. The van der Waals surface area contributed by atoms with Gasteiger partial charge in [-0.3, -0.25) is 4.72 Å². The van der Waals surface area contributed by atoms with Crippen molar-refractivity contribution in [3.63, 3.8) is 0 Å². The van der Waals surface area contributed by atoms with Crippen molar-refractivity contribution in [2.45, 2.75) is 38.8 Å². The van der Waals surface area contributed by atoms with E-state index in [1.807, 2.05) is 6.92 Å². The van der Waals surface area contributed by atoms with Crippen LogP contribution >= 0.6 is 11.6 Å². The van der Waals surface area contributed by atoms with Gasteiger partial charge in [0, 0.05) is 10.6 Å². The molecular formula is C13H16ClF3N2O3S. The maximum absolute atomic E-state index is 12.5. The number of sulfonamides is 1. The van der Waals surface area contributed by atoms with Gasteiger partial charge in [-0.1, -0.05) is 23.7 Å². The van der Waals surface area contributed by atoms with Crippen LogP contribution in [0.3, 0.4) is 0 Å². The number of alkyl halides is 3. The maximum atomic E-state index is 12.5. The fourth-order valence-corrected chi connectivity index (χ4v) is 2.16. The molecule has 0 radical (unpaired) electrons. The van der Waals surface area contributed by atoms with Crippen LogP contribution < -0.4 is 4.72 Å². The first-order chi connectivity index (χ1) is 10.5.